The van der Waals surface area contributed by atoms with Gasteiger partial charge in [0.25, 0.3) is 0 Å². The van der Waals surface area contributed by atoms with E-state index in [4.69, 9.17) is 9.47 Å². The maximum atomic E-state index is 10.3. The first-order valence-corrected chi connectivity index (χ1v) is 12.5. The molecule has 0 amide bonds. The zero-order valence-electron chi connectivity index (χ0n) is 20.5. The van der Waals surface area contributed by atoms with Crippen molar-refractivity contribution in [3.63, 3.8) is 0 Å². The Morgan fingerprint density at radius 2 is 1.51 bits per heavy atom. The Morgan fingerprint density at radius 3 is 2.23 bits per heavy atom. The van der Waals surface area contributed by atoms with Gasteiger partial charge in [0.2, 0.25) is 0 Å². The third kappa shape index (κ3) is 7.32. The molecule has 1 N–H and O–H groups in total. The van der Waals surface area contributed by atoms with Crippen LogP contribution in [-0.2, 0) is 17.6 Å². The Morgan fingerprint density at radius 1 is 0.800 bits per heavy atom. The maximum Gasteiger partial charge on any atom is 0.119 e. The highest BCUT2D eigenvalue weighted by Gasteiger charge is 2.10. The number of benzene rings is 4. The first-order chi connectivity index (χ1) is 17.2. The number of nitrogens with zero attached hydrogens (tertiary/aromatic N) is 1. The summed E-state index contributed by atoms with van der Waals surface area (Å²) in [6, 6.07) is 30.5. The molecule has 35 heavy (non-hydrogen) atoms. The number of aromatic hydroxyl groups is 1. The fourth-order valence-electron chi connectivity index (χ4n) is 4.25. The molecule has 1 aliphatic rings. The summed E-state index contributed by atoms with van der Waals surface area (Å²) < 4.78 is 11.2. The number of hydrogen-bond acceptors (Lipinski definition) is 4. The highest BCUT2D eigenvalue weighted by molar-refractivity contribution is 5.88. The maximum absolute atomic E-state index is 10.3. The Bertz CT molecular complexity index is 1170. The van der Waals surface area contributed by atoms with Gasteiger partial charge in [-0.1, -0.05) is 79.7 Å². The summed E-state index contributed by atoms with van der Waals surface area (Å²) >= 11 is 0. The standard InChI is InChI=1S/C23H25NO3.C8H10/c25-23-10-7-19-3-1-2-4-21(19)22(23)17-18-5-8-20(9-6-18)27-16-13-24-11-14-26-15-12-24;1-2-8-6-4-3-5-7-8/h1-10,25H,11-17H2;3-7H,2H2,1H3. The van der Waals surface area contributed by atoms with Crippen molar-refractivity contribution >= 4 is 10.8 Å². The molecule has 0 aromatic heterocycles. The molecule has 0 saturated carbocycles. The molecule has 5 rings (SSSR count). The van der Waals surface area contributed by atoms with Crippen molar-refractivity contribution in [1.82, 2.24) is 4.90 Å². The van der Waals surface area contributed by atoms with E-state index in [1.165, 1.54) is 5.56 Å². The molecule has 0 aliphatic carbocycles. The van der Waals surface area contributed by atoms with Crippen LogP contribution in [0.15, 0.2) is 91.0 Å². The van der Waals surface area contributed by atoms with E-state index in [-0.39, 0.29) is 0 Å². The minimum absolute atomic E-state index is 0.347. The molecule has 0 bridgehead atoms. The van der Waals surface area contributed by atoms with Gasteiger partial charge in [0, 0.05) is 31.6 Å². The van der Waals surface area contributed by atoms with Crippen LogP contribution in [0.1, 0.15) is 23.6 Å². The van der Waals surface area contributed by atoms with Crippen LogP contribution in [0.3, 0.4) is 0 Å². The van der Waals surface area contributed by atoms with E-state index in [0.717, 1.165) is 66.9 Å². The van der Waals surface area contributed by atoms with Crippen LogP contribution >= 0.6 is 0 Å². The lowest BCUT2D eigenvalue weighted by atomic mass is 9.97. The third-order valence-electron chi connectivity index (χ3n) is 6.35. The van der Waals surface area contributed by atoms with Gasteiger partial charge in [0.15, 0.2) is 0 Å². The molecule has 1 fully saturated rings. The highest BCUT2D eigenvalue weighted by atomic mass is 16.5. The van der Waals surface area contributed by atoms with Crippen molar-refractivity contribution < 1.29 is 14.6 Å². The van der Waals surface area contributed by atoms with E-state index in [0.29, 0.717) is 18.8 Å². The van der Waals surface area contributed by atoms with E-state index in [1.807, 2.05) is 36.4 Å². The average molecular weight is 470 g/mol. The van der Waals surface area contributed by atoms with Crippen LogP contribution in [0.25, 0.3) is 10.8 Å². The summed E-state index contributed by atoms with van der Waals surface area (Å²) in [4.78, 5) is 2.36. The van der Waals surface area contributed by atoms with Crippen LogP contribution in [-0.4, -0.2) is 49.5 Å². The van der Waals surface area contributed by atoms with E-state index in [1.54, 1.807) is 6.07 Å². The van der Waals surface area contributed by atoms with Crippen LogP contribution in [0.2, 0.25) is 0 Å². The quantitative estimate of drug-likeness (QED) is 0.355. The monoisotopic (exact) mass is 469 g/mol. The summed E-state index contributed by atoms with van der Waals surface area (Å²) in [5, 5.41) is 12.6. The Kier molecular flexibility index (Phi) is 9.16. The number of phenols is 1. The zero-order valence-corrected chi connectivity index (χ0v) is 20.5. The summed E-state index contributed by atoms with van der Waals surface area (Å²) in [7, 11) is 0. The SMILES string of the molecule is CCc1ccccc1.Oc1ccc2ccccc2c1Cc1ccc(OCCN2CCOCC2)cc1. The Balaban J connectivity index is 0.000000308. The molecule has 0 atom stereocenters. The predicted octanol–water partition coefficient (Wildman–Crippen LogP) is 6.10. The molecule has 4 aromatic rings. The molecular formula is C31H35NO3. The molecule has 1 heterocycles. The summed E-state index contributed by atoms with van der Waals surface area (Å²) in [6.07, 6.45) is 1.84. The average Bonchev–Trinajstić information content (AvgIpc) is 2.93. The second-order valence-corrected chi connectivity index (χ2v) is 8.75. The van der Waals surface area contributed by atoms with Gasteiger partial charge in [-0.05, 0) is 46.5 Å². The van der Waals surface area contributed by atoms with Crippen LogP contribution in [0, 0.1) is 0 Å². The van der Waals surface area contributed by atoms with E-state index in [9.17, 15) is 5.11 Å². The first kappa shape index (κ1) is 24.8. The molecule has 1 aliphatic heterocycles. The summed E-state index contributed by atoms with van der Waals surface area (Å²) in [6.45, 7) is 7.37. The topological polar surface area (TPSA) is 41.9 Å². The molecule has 182 valence electrons. The van der Waals surface area contributed by atoms with Gasteiger partial charge in [-0.25, -0.2) is 0 Å². The van der Waals surface area contributed by atoms with E-state index in [2.05, 4.69) is 60.4 Å². The Labute approximate surface area is 208 Å². The van der Waals surface area contributed by atoms with Crippen LogP contribution < -0.4 is 4.74 Å². The normalized spacial score (nSPS) is 13.7. The molecule has 4 heteroatoms. The van der Waals surface area contributed by atoms with Gasteiger partial charge in [0.05, 0.1) is 13.2 Å². The second kappa shape index (κ2) is 12.9. The van der Waals surface area contributed by atoms with Gasteiger partial charge < -0.3 is 14.6 Å². The first-order valence-electron chi connectivity index (χ1n) is 12.5. The van der Waals surface area contributed by atoms with Crippen molar-refractivity contribution in [2.24, 2.45) is 0 Å². The minimum Gasteiger partial charge on any atom is -0.508 e. The third-order valence-corrected chi connectivity index (χ3v) is 6.35. The van der Waals surface area contributed by atoms with Crippen molar-refractivity contribution in [3.05, 3.63) is 108 Å². The van der Waals surface area contributed by atoms with Crippen molar-refractivity contribution in [1.29, 1.82) is 0 Å². The Hall–Kier alpha value is -3.34. The van der Waals surface area contributed by atoms with Crippen LogP contribution in [0.4, 0.5) is 0 Å². The molecule has 0 unspecified atom stereocenters. The summed E-state index contributed by atoms with van der Waals surface area (Å²) in [5.74, 6) is 1.23. The largest absolute Gasteiger partial charge is 0.508 e. The predicted molar refractivity (Wildman–Crippen MR) is 143 cm³/mol. The smallest absolute Gasteiger partial charge is 0.119 e. The van der Waals surface area contributed by atoms with E-state index < -0.39 is 0 Å². The highest BCUT2D eigenvalue weighted by Crippen LogP contribution is 2.29. The molecule has 1 saturated heterocycles. The van der Waals surface area contributed by atoms with Crippen molar-refractivity contribution in [2.45, 2.75) is 19.8 Å². The van der Waals surface area contributed by atoms with Gasteiger partial charge in [-0.2, -0.15) is 0 Å². The van der Waals surface area contributed by atoms with Gasteiger partial charge in [0.1, 0.15) is 18.1 Å². The number of hydrogen-bond donors (Lipinski definition) is 1. The van der Waals surface area contributed by atoms with E-state index >= 15 is 0 Å². The lowest BCUT2D eigenvalue weighted by Gasteiger charge is -2.26. The molecule has 0 radical (unpaired) electrons. The fraction of sp³-hybridized carbons (Fsp3) is 0.290. The lowest BCUT2D eigenvalue weighted by molar-refractivity contribution is 0.0322. The van der Waals surface area contributed by atoms with Crippen molar-refractivity contribution in [2.75, 3.05) is 39.5 Å². The zero-order chi connectivity index (χ0) is 24.3. The minimum atomic E-state index is 0.347. The van der Waals surface area contributed by atoms with Gasteiger partial charge in [-0.3, -0.25) is 4.90 Å². The lowest BCUT2D eigenvalue weighted by Crippen LogP contribution is -2.38. The summed E-state index contributed by atoms with van der Waals surface area (Å²) in [5.41, 5.74) is 3.53. The number of rotatable bonds is 7. The number of fused-ring (bicyclic) bond motifs is 1. The number of aryl methyl sites for hydroxylation is 1. The molecule has 4 aromatic carbocycles. The van der Waals surface area contributed by atoms with Crippen molar-refractivity contribution in [3.8, 4) is 11.5 Å². The number of morpholine rings is 1. The van der Waals surface area contributed by atoms with Gasteiger partial charge >= 0.3 is 0 Å². The van der Waals surface area contributed by atoms with Crippen LogP contribution in [0.5, 0.6) is 11.5 Å². The molecule has 4 nitrogen and oxygen atoms in total. The fourth-order valence-corrected chi connectivity index (χ4v) is 4.25. The molecule has 0 spiro atoms. The second-order valence-electron chi connectivity index (χ2n) is 8.75. The van der Waals surface area contributed by atoms with Gasteiger partial charge in [-0.15, -0.1) is 0 Å². The number of phenolic OH excluding ortho intramolecular Hbond substituents is 1. The molecular weight excluding hydrogens is 434 g/mol. The number of ether oxygens (including phenoxy) is 2.